The van der Waals surface area contributed by atoms with Gasteiger partial charge < -0.3 is 15.0 Å². The molecule has 1 aromatic rings. The lowest BCUT2D eigenvalue weighted by atomic mass is 9.78. The first-order chi connectivity index (χ1) is 9.64. The molecule has 0 bridgehead atoms. The van der Waals surface area contributed by atoms with E-state index >= 15 is 0 Å². The minimum Gasteiger partial charge on any atom is -0.370 e. The molecule has 2 heterocycles. The molecule has 1 aliphatic heterocycles. The summed E-state index contributed by atoms with van der Waals surface area (Å²) in [7, 11) is 1.73. The molecule has 1 saturated carbocycles. The zero-order chi connectivity index (χ0) is 14.2. The second-order valence-electron chi connectivity index (χ2n) is 6.17. The normalized spacial score (nSPS) is 29.6. The number of H-pyrrole nitrogens is 1. The molecular formula is C15H23N3O2. The molecule has 1 fully saturated rings. The molecule has 5 heteroatoms. The highest BCUT2D eigenvalue weighted by molar-refractivity contribution is 5.45. The Kier molecular flexibility index (Phi) is 3.54. The molecule has 2 N–H and O–H groups in total. The fourth-order valence-corrected chi connectivity index (χ4v) is 3.56. The molecule has 0 amide bonds. The minimum absolute atomic E-state index is 0.00754. The molecule has 0 aromatic carbocycles. The number of hydrogen-bond donors (Lipinski definition) is 2. The third-order valence-corrected chi connectivity index (χ3v) is 4.69. The molecule has 2 aliphatic rings. The zero-order valence-corrected chi connectivity index (χ0v) is 12.3. The van der Waals surface area contributed by atoms with Crippen LogP contribution in [0.3, 0.4) is 0 Å². The molecular weight excluding hydrogens is 254 g/mol. The fraction of sp³-hybridized carbons (Fsp3) is 0.733. The molecule has 110 valence electrons. The molecule has 1 aromatic heterocycles. The van der Waals surface area contributed by atoms with Crippen molar-refractivity contribution in [3.63, 3.8) is 0 Å². The first kappa shape index (κ1) is 13.6. The van der Waals surface area contributed by atoms with Gasteiger partial charge in [-0.25, -0.2) is 4.98 Å². The first-order valence-corrected chi connectivity index (χ1v) is 7.57. The predicted octanol–water partition coefficient (Wildman–Crippen LogP) is 2.18. The largest absolute Gasteiger partial charge is 0.370 e. The summed E-state index contributed by atoms with van der Waals surface area (Å²) in [5.74, 6) is 2.05. The molecule has 0 saturated heterocycles. The molecule has 3 rings (SSSR count). The van der Waals surface area contributed by atoms with E-state index in [-0.39, 0.29) is 5.56 Å². The second-order valence-corrected chi connectivity index (χ2v) is 6.17. The van der Waals surface area contributed by atoms with Crippen molar-refractivity contribution in [2.45, 2.75) is 51.0 Å². The summed E-state index contributed by atoms with van der Waals surface area (Å²) < 4.78 is 5.82. The molecule has 0 spiro atoms. The maximum atomic E-state index is 12.3. The van der Waals surface area contributed by atoms with Crippen molar-refractivity contribution in [3.05, 3.63) is 21.7 Å². The summed E-state index contributed by atoms with van der Waals surface area (Å²) in [5.41, 5.74) is 0.354. The van der Waals surface area contributed by atoms with Crippen LogP contribution in [0.2, 0.25) is 0 Å². The number of anilines is 1. The molecule has 1 aliphatic carbocycles. The summed E-state index contributed by atoms with van der Waals surface area (Å²) in [4.78, 5) is 19.9. The highest BCUT2D eigenvalue weighted by Crippen LogP contribution is 2.41. The number of rotatable bonds is 2. The van der Waals surface area contributed by atoms with Crippen LogP contribution in [0.4, 0.5) is 5.82 Å². The molecule has 2 atom stereocenters. The number of nitrogens with one attached hydrogen (secondary N) is 2. The van der Waals surface area contributed by atoms with Crippen LogP contribution in [-0.2, 0) is 16.8 Å². The molecule has 2 unspecified atom stereocenters. The first-order valence-electron chi connectivity index (χ1n) is 7.57. The monoisotopic (exact) mass is 277 g/mol. The number of methoxy groups -OCH3 is 1. The summed E-state index contributed by atoms with van der Waals surface area (Å²) in [6.45, 7) is 3.13. The van der Waals surface area contributed by atoms with Crippen molar-refractivity contribution >= 4 is 5.82 Å². The SMILES string of the molecule is COC1(c2nc3c(c(=O)[nH]2)CCCN3)CCCC(C)C1. The second kappa shape index (κ2) is 5.20. The van der Waals surface area contributed by atoms with Gasteiger partial charge in [0.15, 0.2) is 0 Å². The van der Waals surface area contributed by atoms with E-state index in [0.717, 1.165) is 50.0 Å². The molecule has 0 radical (unpaired) electrons. The van der Waals surface area contributed by atoms with Crippen molar-refractivity contribution < 1.29 is 4.74 Å². The van der Waals surface area contributed by atoms with E-state index in [4.69, 9.17) is 4.74 Å². The Balaban J connectivity index is 2.04. The van der Waals surface area contributed by atoms with Gasteiger partial charge in [-0.15, -0.1) is 0 Å². The number of aromatic amines is 1. The average Bonchev–Trinajstić information content (AvgIpc) is 2.47. The molecule has 20 heavy (non-hydrogen) atoms. The summed E-state index contributed by atoms with van der Waals surface area (Å²) in [5, 5.41) is 3.25. The Hall–Kier alpha value is -1.36. The minimum atomic E-state index is -0.426. The van der Waals surface area contributed by atoms with Crippen LogP contribution in [0.25, 0.3) is 0 Å². The Morgan fingerprint density at radius 2 is 2.25 bits per heavy atom. The maximum absolute atomic E-state index is 12.3. The van der Waals surface area contributed by atoms with Crippen molar-refractivity contribution in [1.29, 1.82) is 0 Å². The summed E-state index contributed by atoms with van der Waals surface area (Å²) in [6.07, 6.45) is 5.98. The van der Waals surface area contributed by atoms with Gasteiger partial charge in [-0.05, 0) is 38.0 Å². The van der Waals surface area contributed by atoms with Crippen molar-refractivity contribution in [3.8, 4) is 0 Å². The zero-order valence-electron chi connectivity index (χ0n) is 12.3. The Labute approximate surface area is 119 Å². The molecule has 5 nitrogen and oxygen atoms in total. The number of ether oxygens (including phenoxy) is 1. The third-order valence-electron chi connectivity index (χ3n) is 4.69. The van der Waals surface area contributed by atoms with Gasteiger partial charge in [-0.1, -0.05) is 13.3 Å². The van der Waals surface area contributed by atoms with E-state index in [2.05, 4.69) is 22.2 Å². The predicted molar refractivity (Wildman–Crippen MR) is 78.0 cm³/mol. The quantitative estimate of drug-likeness (QED) is 0.869. The van der Waals surface area contributed by atoms with Gasteiger partial charge in [0.05, 0.1) is 5.56 Å². The highest BCUT2D eigenvalue weighted by Gasteiger charge is 2.39. The van der Waals surface area contributed by atoms with E-state index in [0.29, 0.717) is 11.7 Å². The van der Waals surface area contributed by atoms with Crippen LogP contribution in [0.5, 0.6) is 0 Å². The van der Waals surface area contributed by atoms with E-state index in [1.54, 1.807) is 7.11 Å². The maximum Gasteiger partial charge on any atom is 0.256 e. The van der Waals surface area contributed by atoms with Crippen LogP contribution >= 0.6 is 0 Å². The Morgan fingerprint density at radius 1 is 1.40 bits per heavy atom. The van der Waals surface area contributed by atoms with E-state index < -0.39 is 5.60 Å². The van der Waals surface area contributed by atoms with E-state index in [1.807, 2.05) is 0 Å². The number of nitrogens with zero attached hydrogens (tertiary/aromatic N) is 1. The lowest BCUT2D eigenvalue weighted by Gasteiger charge is -2.38. The number of hydrogen-bond acceptors (Lipinski definition) is 4. The average molecular weight is 277 g/mol. The van der Waals surface area contributed by atoms with Gasteiger partial charge in [0.2, 0.25) is 0 Å². The van der Waals surface area contributed by atoms with E-state index in [1.165, 1.54) is 6.42 Å². The smallest absolute Gasteiger partial charge is 0.256 e. The third kappa shape index (κ3) is 2.24. The summed E-state index contributed by atoms with van der Waals surface area (Å²) >= 11 is 0. The fourth-order valence-electron chi connectivity index (χ4n) is 3.56. The van der Waals surface area contributed by atoms with Crippen molar-refractivity contribution in [2.75, 3.05) is 19.0 Å². The van der Waals surface area contributed by atoms with Gasteiger partial charge in [0.1, 0.15) is 17.2 Å². The highest BCUT2D eigenvalue weighted by atomic mass is 16.5. The van der Waals surface area contributed by atoms with Gasteiger partial charge in [0, 0.05) is 13.7 Å². The van der Waals surface area contributed by atoms with Gasteiger partial charge in [-0.2, -0.15) is 0 Å². The van der Waals surface area contributed by atoms with Crippen LogP contribution in [0, 0.1) is 5.92 Å². The lowest BCUT2D eigenvalue weighted by Crippen LogP contribution is -2.39. The van der Waals surface area contributed by atoms with Gasteiger partial charge in [0.25, 0.3) is 5.56 Å². The van der Waals surface area contributed by atoms with Crippen LogP contribution < -0.4 is 10.9 Å². The Morgan fingerprint density at radius 3 is 3.00 bits per heavy atom. The topological polar surface area (TPSA) is 67.0 Å². The van der Waals surface area contributed by atoms with Crippen LogP contribution in [0.15, 0.2) is 4.79 Å². The summed E-state index contributed by atoms with van der Waals surface area (Å²) in [6, 6.07) is 0. The number of aromatic nitrogens is 2. The van der Waals surface area contributed by atoms with Gasteiger partial charge in [-0.3, -0.25) is 4.79 Å². The van der Waals surface area contributed by atoms with Crippen LogP contribution in [0.1, 0.15) is 50.4 Å². The van der Waals surface area contributed by atoms with Crippen LogP contribution in [-0.4, -0.2) is 23.6 Å². The lowest BCUT2D eigenvalue weighted by molar-refractivity contribution is -0.0647. The van der Waals surface area contributed by atoms with Crippen molar-refractivity contribution in [2.24, 2.45) is 5.92 Å². The van der Waals surface area contributed by atoms with Gasteiger partial charge >= 0.3 is 0 Å². The standard InChI is InChI=1S/C15H23N3O2/c1-10-5-3-7-15(9-10,20-2)14-17-12-11(13(19)18-14)6-4-8-16-12/h10H,3-9H2,1-2H3,(H2,16,17,18,19). The van der Waals surface area contributed by atoms with Crippen molar-refractivity contribution in [1.82, 2.24) is 9.97 Å². The Bertz CT molecular complexity index is 555. The van der Waals surface area contributed by atoms with E-state index in [9.17, 15) is 4.79 Å². The number of fused-ring (bicyclic) bond motifs is 1.